The van der Waals surface area contributed by atoms with Crippen LogP contribution in [0.4, 0.5) is 5.82 Å². The first-order chi connectivity index (χ1) is 9.81. The Kier molecular flexibility index (Phi) is 3.87. The first-order valence-corrected chi connectivity index (χ1v) is 6.85. The molecule has 0 unspecified atom stereocenters. The summed E-state index contributed by atoms with van der Waals surface area (Å²) in [6.07, 6.45) is 2.79. The molecule has 0 bridgehead atoms. The normalized spacial score (nSPS) is 17.1. The predicted molar refractivity (Wildman–Crippen MR) is 73.2 cm³/mol. The molecule has 0 aromatic carbocycles. The Balaban J connectivity index is 1.59. The fraction of sp³-hybridized carbons (Fsp3) is 0.538. The zero-order chi connectivity index (χ0) is 13.8. The van der Waals surface area contributed by atoms with E-state index in [-0.39, 0.29) is 0 Å². The lowest BCUT2D eigenvalue weighted by molar-refractivity contribution is 0.272. The van der Waals surface area contributed by atoms with Crippen LogP contribution in [0.2, 0.25) is 0 Å². The smallest absolute Gasteiger partial charge is 0.223 e. The van der Waals surface area contributed by atoms with Crippen molar-refractivity contribution in [3.05, 3.63) is 30.0 Å². The topological polar surface area (TPSA) is 71.2 Å². The quantitative estimate of drug-likeness (QED) is 0.822. The number of nitrogens with zero attached hydrogens (tertiary/aromatic N) is 6. The van der Waals surface area contributed by atoms with Gasteiger partial charge >= 0.3 is 0 Å². The summed E-state index contributed by atoms with van der Waals surface area (Å²) in [7, 11) is 0. The van der Waals surface area contributed by atoms with Gasteiger partial charge in [0.15, 0.2) is 11.6 Å². The van der Waals surface area contributed by atoms with Gasteiger partial charge in [0.1, 0.15) is 0 Å². The third-order valence-corrected chi connectivity index (χ3v) is 3.41. The molecule has 0 saturated carbocycles. The predicted octanol–water partition coefficient (Wildman–Crippen LogP) is 0.880. The van der Waals surface area contributed by atoms with Crippen LogP contribution in [0.25, 0.3) is 0 Å². The van der Waals surface area contributed by atoms with Crippen molar-refractivity contribution >= 4 is 5.82 Å². The molecule has 7 heteroatoms. The third kappa shape index (κ3) is 3.11. The van der Waals surface area contributed by atoms with E-state index in [2.05, 4.69) is 30.1 Å². The minimum Gasteiger partial charge on any atom is -0.354 e. The highest BCUT2D eigenvalue weighted by molar-refractivity contribution is 5.36. The molecule has 1 saturated heterocycles. The van der Waals surface area contributed by atoms with Crippen molar-refractivity contribution in [1.82, 2.24) is 25.2 Å². The number of anilines is 1. The molecule has 0 amide bonds. The van der Waals surface area contributed by atoms with Gasteiger partial charge in [0.25, 0.3) is 0 Å². The van der Waals surface area contributed by atoms with Crippen molar-refractivity contribution < 1.29 is 4.52 Å². The first kappa shape index (κ1) is 13.0. The van der Waals surface area contributed by atoms with E-state index in [0.717, 1.165) is 50.8 Å². The molecule has 0 atom stereocenters. The van der Waals surface area contributed by atoms with E-state index in [0.29, 0.717) is 5.89 Å². The van der Waals surface area contributed by atoms with Gasteiger partial charge in [-0.3, -0.25) is 4.90 Å². The Morgan fingerprint density at radius 1 is 1.25 bits per heavy atom. The van der Waals surface area contributed by atoms with Crippen molar-refractivity contribution in [2.24, 2.45) is 0 Å². The standard InChI is InChI=1S/C13H18N6O/c1-11-15-12(17-20-11)10-18-6-3-7-19(9-8-18)13-4-2-5-14-16-13/h2,4-5H,3,6-10H2,1H3. The fourth-order valence-corrected chi connectivity index (χ4v) is 2.43. The molecule has 2 aromatic rings. The third-order valence-electron chi connectivity index (χ3n) is 3.41. The lowest BCUT2D eigenvalue weighted by Crippen LogP contribution is -2.31. The van der Waals surface area contributed by atoms with Gasteiger partial charge in [0.2, 0.25) is 5.89 Å². The minimum atomic E-state index is 0.621. The largest absolute Gasteiger partial charge is 0.354 e. The maximum atomic E-state index is 5.01. The van der Waals surface area contributed by atoms with Crippen molar-refractivity contribution in [1.29, 1.82) is 0 Å². The van der Waals surface area contributed by atoms with Crippen LogP contribution in [-0.2, 0) is 6.54 Å². The Labute approximate surface area is 117 Å². The summed E-state index contributed by atoms with van der Waals surface area (Å²) in [5, 5.41) is 12.1. The summed E-state index contributed by atoms with van der Waals surface area (Å²) in [4.78, 5) is 8.88. The van der Waals surface area contributed by atoms with Gasteiger partial charge < -0.3 is 9.42 Å². The van der Waals surface area contributed by atoms with E-state index in [1.807, 2.05) is 19.1 Å². The van der Waals surface area contributed by atoms with E-state index >= 15 is 0 Å². The van der Waals surface area contributed by atoms with Crippen molar-refractivity contribution in [3.8, 4) is 0 Å². The molecule has 1 aliphatic rings. The molecular weight excluding hydrogens is 256 g/mol. The Morgan fingerprint density at radius 3 is 2.95 bits per heavy atom. The van der Waals surface area contributed by atoms with Gasteiger partial charge in [-0.1, -0.05) is 5.16 Å². The average molecular weight is 274 g/mol. The van der Waals surface area contributed by atoms with Crippen molar-refractivity contribution in [2.45, 2.75) is 19.9 Å². The second kappa shape index (κ2) is 5.96. The van der Waals surface area contributed by atoms with Gasteiger partial charge in [-0.2, -0.15) is 10.1 Å². The maximum Gasteiger partial charge on any atom is 0.223 e. The number of aromatic nitrogens is 4. The van der Waals surface area contributed by atoms with E-state index in [9.17, 15) is 0 Å². The van der Waals surface area contributed by atoms with Crippen molar-refractivity contribution in [2.75, 3.05) is 31.1 Å². The number of rotatable bonds is 3. The SMILES string of the molecule is Cc1nc(CN2CCCN(c3cccnn3)CC2)no1. The summed E-state index contributed by atoms with van der Waals surface area (Å²) in [5.74, 6) is 2.33. The second-order valence-electron chi connectivity index (χ2n) is 4.93. The molecular formula is C13H18N6O. The molecule has 0 radical (unpaired) electrons. The fourth-order valence-electron chi connectivity index (χ4n) is 2.43. The summed E-state index contributed by atoms with van der Waals surface area (Å²) in [6.45, 7) is 6.49. The molecule has 1 fully saturated rings. The molecule has 3 rings (SSSR count). The van der Waals surface area contributed by atoms with Crippen LogP contribution >= 0.6 is 0 Å². The van der Waals surface area contributed by atoms with E-state index in [4.69, 9.17) is 4.52 Å². The highest BCUT2D eigenvalue weighted by atomic mass is 16.5. The zero-order valence-corrected chi connectivity index (χ0v) is 11.6. The lowest BCUT2D eigenvalue weighted by Gasteiger charge is -2.21. The minimum absolute atomic E-state index is 0.621. The number of hydrogen-bond donors (Lipinski definition) is 0. The number of aryl methyl sites for hydroxylation is 1. The molecule has 3 heterocycles. The van der Waals surface area contributed by atoms with Crippen molar-refractivity contribution in [3.63, 3.8) is 0 Å². The molecule has 0 N–H and O–H groups in total. The van der Waals surface area contributed by atoms with Crippen LogP contribution in [-0.4, -0.2) is 51.4 Å². The van der Waals surface area contributed by atoms with E-state index in [1.165, 1.54) is 0 Å². The van der Waals surface area contributed by atoms with Crippen LogP contribution in [0.3, 0.4) is 0 Å². The Bertz CT molecular complexity index is 543. The number of hydrogen-bond acceptors (Lipinski definition) is 7. The maximum absolute atomic E-state index is 5.01. The van der Waals surface area contributed by atoms with E-state index < -0.39 is 0 Å². The first-order valence-electron chi connectivity index (χ1n) is 6.85. The highest BCUT2D eigenvalue weighted by Gasteiger charge is 2.17. The molecule has 1 aliphatic heterocycles. The summed E-state index contributed by atoms with van der Waals surface area (Å²) < 4.78 is 5.01. The van der Waals surface area contributed by atoms with Crippen LogP contribution in [0, 0.1) is 6.92 Å². The monoisotopic (exact) mass is 274 g/mol. The Morgan fingerprint density at radius 2 is 2.20 bits per heavy atom. The summed E-state index contributed by atoms with van der Waals surface area (Å²) >= 11 is 0. The van der Waals surface area contributed by atoms with Gasteiger partial charge in [0.05, 0.1) is 6.54 Å². The molecule has 106 valence electrons. The highest BCUT2D eigenvalue weighted by Crippen LogP contribution is 2.13. The van der Waals surface area contributed by atoms with E-state index in [1.54, 1.807) is 6.20 Å². The van der Waals surface area contributed by atoms with Crippen LogP contribution in [0.15, 0.2) is 22.9 Å². The summed E-state index contributed by atoms with van der Waals surface area (Å²) in [5.41, 5.74) is 0. The molecule has 7 nitrogen and oxygen atoms in total. The van der Waals surface area contributed by atoms with Gasteiger partial charge in [-0.05, 0) is 18.6 Å². The Hall–Kier alpha value is -2.02. The lowest BCUT2D eigenvalue weighted by atomic mass is 10.3. The zero-order valence-electron chi connectivity index (χ0n) is 11.6. The molecule has 0 spiro atoms. The molecule has 2 aromatic heterocycles. The van der Waals surface area contributed by atoms with Gasteiger partial charge in [-0.25, -0.2) is 0 Å². The van der Waals surface area contributed by atoms with Gasteiger partial charge in [-0.15, -0.1) is 5.10 Å². The summed E-state index contributed by atoms with van der Waals surface area (Å²) in [6, 6.07) is 3.93. The average Bonchev–Trinajstić information content (AvgIpc) is 2.74. The second-order valence-corrected chi connectivity index (χ2v) is 4.93. The molecule has 20 heavy (non-hydrogen) atoms. The van der Waals surface area contributed by atoms with Crippen LogP contribution in [0.1, 0.15) is 18.1 Å². The van der Waals surface area contributed by atoms with Crippen LogP contribution in [0.5, 0.6) is 0 Å². The van der Waals surface area contributed by atoms with Gasteiger partial charge in [0, 0.05) is 39.3 Å². The molecule has 0 aliphatic carbocycles. The van der Waals surface area contributed by atoms with Crippen LogP contribution < -0.4 is 4.90 Å².